The van der Waals surface area contributed by atoms with Crippen LogP contribution in [-0.4, -0.2) is 11.1 Å². The van der Waals surface area contributed by atoms with Gasteiger partial charge in [-0.05, 0) is 148 Å². The summed E-state index contributed by atoms with van der Waals surface area (Å²) in [5, 5.41) is 6.29. The highest BCUT2D eigenvalue weighted by atomic mass is 15.1. The Morgan fingerprint density at radius 3 is 1.67 bits per heavy atom. The number of hydrogen-bond donors (Lipinski definition) is 1. The predicted octanol–water partition coefficient (Wildman–Crippen LogP) is 15.2. The molecule has 0 bridgehead atoms. The van der Waals surface area contributed by atoms with Gasteiger partial charge in [0.1, 0.15) is 0 Å². The fourth-order valence-corrected chi connectivity index (χ4v) is 10.4. The quantitative estimate of drug-likeness (QED) is 0.132. The Hall–Kier alpha value is -6.84. The van der Waals surface area contributed by atoms with Crippen LogP contribution in [0.1, 0.15) is 67.3 Å². The van der Waals surface area contributed by atoms with E-state index in [4.69, 9.17) is 0 Å². The van der Waals surface area contributed by atoms with E-state index in [0.717, 1.165) is 42.1 Å². The molecule has 0 fully saturated rings. The molecule has 1 N–H and O–H groups in total. The monoisotopic (exact) mass is 775 g/mol. The Balaban J connectivity index is 1.06. The zero-order valence-electron chi connectivity index (χ0n) is 34.5. The molecule has 0 aliphatic heterocycles. The van der Waals surface area contributed by atoms with E-state index < -0.39 is 5.41 Å². The van der Waals surface area contributed by atoms with Crippen LogP contribution >= 0.6 is 0 Å². The van der Waals surface area contributed by atoms with Gasteiger partial charge in [0.2, 0.25) is 0 Å². The first-order chi connectivity index (χ1) is 29.7. The number of unbranched alkanes of at least 4 members (excludes halogenated alkanes) is 2. The summed E-state index contributed by atoms with van der Waals surface area (Å²) in [4.78, 5) is 2.42. The molecule has 2 aliphatic carbocycles. The molecule has 0 saturated carbocycles. The molecule has 3 heteroatoms. The van der Waals surface area contributed by atoms with Crippen molar-refractivity contribution in [3.8, 4) is 27.9 Å². The van der Waals surface area contributed by atoms with Gasteiger partial charge in [-0.15, -0.1) is 0 Å². The maximum Gasteiger partial charge on any atom is 0.0726 e. The summed E-state index contributed by atoms with van der Waals surface area (Å²) in [7, 11) is 0. The largest absolute Gasteiger partial charge is 0.385 e. The number of aryl methyl sites for hydroxylation is 1. The molecule has 1 heterocycles. The Morgan fingerprint density at radius 1 is 0.467 bits per heavy atom. The molecule has 0 amide bonds. The Labute approximate surface area is 353 Å². The Morgan fingerprint density at radius 2 is 1.02 bits per heavy atom. The van der Waals surface area contributed by atoms with Crippen molar-refractivity contribution in [1.82, 2.24) is 4.57 Å². The van der Waals surface area contributed by atoms with Crippen molar-refractivity contribution >= 4 is 44.6 Å². The van der Waals surface area contributed by atoms with E-state index in [0.29, 0.717) is 0 Å². The second-order valence-electron chi connectivity index (χ2n) is 16.6. The zero-order chi connectivity index (χ0) is 40.2. The molecule has 9 aromatic rings. The topological polar surface area (TPSA) is 20.2 Å². The molecule has 0 atom stereocenters. The first kappa shape index (κ1) is 36.3. The van der Waals surface area contributed by atoms with E-state index in [1.54, 1.807) is 0 Å². The maximum absolute atomic E-state index is 3.68. The molecule has 8 aromatic carbocycles. The SMILES string of the molecule is CCCCNc1ccc2c(c1)c1cc(CCCC)ccc1n2-c1ccc(N(c2ccccc2)c2ccc3c(c2)C2(c4ccccc4-c4ccccc42)c2ccccc2-3)cc1. The van der Waals surface area contributed by atoms with E-state index >= 15 is 0 Å². The smallest absolute Gasteiger partial charge is 0.0726 e. The van der Waals surface area contributed by atoms with Crippen molar-refractivity contribution in [3.05, 3.63) is 210 Å². The molecule has 1 spiro atoms. The minimum Gasteiger partial charge on any atom is -0.385 e. The van der Waals surface area contributed by atoms with Gasteiger partial charge in [-0.25, -0.2) is 0 Å². The standard InChI is InChI=1S/C57H49N3/c1-3-5-16-39-25-33-55-49(36-39)50-37-40(58-35-6-4-2)26-34-56(50)60(55)43-29-27-42(28-30-43)59(41-17-8-7-9-18-41)44-31-32-48-47-21-12-15-24-53(47)57(54(48)38-44)51-22-13-10-19-45(51)46-20-11-14-23-52(46)57/h7-15,17-34,36-38,58H,3-6,16,35H2,1-2H3. The lowest BCUT2D eigenvalue weighted by Gasteiger charge is -2.32. The second kappa shape index (κ2) is 14.8. The third kappa shape index (κ3) is 5.56. The number of anilines is 4. The fraction of sp³-hybridized carbons (Fsp3) is 0.158. The summed E-state index contributed by atoms with van der Waals surface area (Å²) in [6.45, 7) is 5.50. The van der Waals surface area contributed by atoms with Crippen molar-refractivity contribution in [2.24, 2.45) is 0 Å². The molecular weight excluding hydrogens is 727 g/mol. The van der Waals surface area contributed by atoms with Crippen LogP contribution < -0.4 is 10.2 Å². The van der Waals surface area contributed by atoms with Crippen molar-refractivity contribution in [3.63, 3.8) is 0 Å². The van der Waals surface area contributed by atoms with Gasteiger partial charge in [-0.3, -0.25) is 0 Å². The third-order valence-electron chi connectivity index (χ3n) is 13.1. The first-order valence-corrected chi connectivity index (χ1v) is 21.9. The summed E-state index contributed by atoms with van der Waals surface area (Å²) >= 11 is 0. The van der Waals surface area contributed by atoms with Crippen LogP contribution in [0.2, 0.25) is 0 Å². The highest BCUT2D eigenvalue weighted by molar-refractivity contribution is 6.10. The molecular formula is C57H49N3. The van der Waals surface area contributed by atoms with E-state index in [1.807, 2.05) is 0 Å². The van der Waals surface area contributed by atoms with Crippen molar-refractivity contribution < 1.29 is 0 Å². The van der Waals surface area contributed by atoms with Gasteiger partial charge in [-0.1, -0.05) is 130 Å². The Kier molecular flexibility index (Phi) is 8.92. The van der Waals surface area contributed by atoms with Gasteiger partial charge in [-0.2, -0.15) is 0 Å². The van der Waals surface area contributed by atoms with Crippen LogP contribution in [0.15, 0.2) is 182 Å². The van der Waals surface area contributed by atoms with E-state index in [2.05, 4.69) is 211 Å². The molecule has 0 saturated heterocycles. The van der Waals surface area contributed by atoms with Crippen molar-refractivity contribution in [1.29, 1.82) is 0 Å². The number of rotatable bonds is 11. The van der Waals surface area contributed by atoms with Gasteiger partial charge in [0.05, 0.1) is 16.4 Å². The zero-order valence-corrected chi connectivity index (χ0v) is 34.5. The lowest BCUT2D eigenvalue weighted by molar-refractivity contribution is 0.793. The third-order valence-corrected chi connectivity index (χ3v) is 13.1. The molecule has 60 heavy (non-hydrogen) atoms. The molecule has 292 valence electrons. The molecule has 3 nitrogen and oxygen atoms in total. The molecule has 1 aromatic heterocycles. The van der Waals surface area contributed by atoms with Crippen LogP contribution in [0.3, 0.4) is 0 Å². The number of hydrogen-bond acceptors (Lipinski definition) is 2. The van der Waals surface area contributed by atoms with Crippen LogP contribution in [0.25, 0.3) is 49.7 Å². The lowest BCUT2D eigenvalue weighted by Crippen LogP contribution is -2.26. The van der Waals surface area contributed by atoms with E-state index in [-0.39, 0.29) is 0 Å². The molecule has 2 aliphatic rings. The number of aromatic nitrogens is 1. The van der Waals surface area contributed by atoms with Gasteiger partial charge < -0.3 is 14.8 Å². The fourth-order valence-electron chi connectivity index (χ4n) is 10.4. The highest BCUT2D eigenvalue weighted by Crippen LogP contribution is 2.63. The summed E-state index contributed by atoms with van der Waals surface area (Å²) in [6, 6.07) is 68.4. The van der Waals surface area contributed by atoms with Gasteiger partial charge in [0.15, 0.2) is 0 Å². The predicted molar refractivity (Wildman–Crippen MR) is 254 cm³/mol. The number of para-hydroxylation sites is 1. The summed E-state index contributed by atoms with van der Waals surface area (Å²) < 4.78 is 2.45. The van der Waals surface area contributed by atoms with Gasteiger partial charge in [0, 0.05) is 45.8 Å². The van der Waals surface area contributed by atoms with E-state index in [1.165, 1.54) is 96.8 Å². The molecule has 11 rings (SSSR count). The number of benzene rings is 8. The second-order valence-corrected chi connectivity index (χ2v) is 16.6. The number of nitrogens with zero attached hydrogens (tertiary/aromatic N) is 2. The average molecular weight is 776 g/mol. The average Bonchev–Trinajstić information content (AvgIpc) is 3.90. The first-order valence-electron chi connectivity index (χ1n) is 21.9. The molecule has 0 unspecified atom stereocenters. The summed E-state index contributed by atoms with van der Waals surface area (Å²) in [5.74, 6) is 0. The summed E-state index contributed by atoms with van der Waals surface area (Å²) in [5.41, 5.74) is 19.9. The van der Waals surface area contributed by atoms with Crippen LogP contribution in [-0.2, 0) is 11.8 Å². The number of nitrogens with one attached hydrogen (secondary N) is 1. The van der Waals surface area contributed by atoms with Gasteiger partial charge >= 0.3 is 0 Å². The number of fused-ring (bicyclic) bond motifs is 13. The van der Waals surface area contributed by atoms with Crippen LogP contribution in [0, 0.1) is 0 Å². The van der Waals surface area contributed by atoms with Crippen LogP contribution in [0.4, 0.5) is 22.7 Å². The maximum atomic E-state index is 3.68. The van der Waals surface area contributed by atoms with Crippen molar-refractivity contribution in [2.45, 2.75) is 51.4 Å². The Bertz CT molecular complexity index is 2980. The minimum absolute atomic E-state index is 0.403. The summed E-state index contributed by atoms with van der Waals surface area (Å²) in [6.07, 6.45) is 5.84. The normalized spacial score (nSPS) is 13.0. The highest BCUT2D eigenvalue weighted by Gasteiger charge is 2.51. The molecule has 0 radical (unpaired) electrons. The van der Waals surface area contributed by atoms with Crippen LogP contribution in [0.5, 0.6) is 0 Å². The lowest BCUT2D eigenvalue weighted by atomic mass is 9.70. The minimum atomic E-state index is -0.403. The van der Waals surface area contributed by atoms with Gasteiger partial charge in [0.25, 0.3) is 0 Å². The van der Waals surface area contributed by atoms with E-state index in [9.17, 15) is 0 Å². The van der Waals surface area contributed by atoms with Crippen molar-refractivity contribution in [2.75, 3.05) is 16.8 Å².